The van der Waals surface area contributed by atoms with E-state index in [-0.39, 0.29) is 35.6 Å². The number of hydrogen-bond acceptors (Lipinski definition) is 0. The molecule has 0 spiro atoms. The van der Waals surface area contributed by atoms with Gasteiger partial charge in [0.1, 0.15) is 0 Å². The van der Waals surface area contributed by atoms with Gasteiger partial charge in [-0.1, -0.05) is 76.9 Å². The molecule has 4 heteroatoms. The van der Waals surface area contributed by atoms with Gasteiger partial charge in [0.2, 0.25) is 0 Å². The number of benzene rings is 2. The van der Waals surface area contributed by atoms with E-state index in [0.717, 1.165) is 6.42 Å². The average Bonchev–Trinajstić information content (AvgIpc) is 3.48. The van der Waals surface area contributed by atoms with E-state index < -0.39 is 0 Å². The molecule has 0 atom stereocenters. The van der Waals surface area contributed by atoms with Gasteiger partial charge in [-0.3, -0.25) is 6.08 Å². The summed E-state index contributed by atoms with van der Waals surface area (Å²) in [6.45, 7) is 13.6. The van der Waals surface area contributed by atoms with Gasteiger partial charge in [-0.15, -0.1) is 46.2 Å². The summed E-state index contributed by atoms with van der Waals surface area (Å²) in [5, 5.41) is 5.48. The van der Waals surface area contributed by atoms with Crippen LogP contribution in [0.3, 0.4) is 0 Å². The molecule has 5 rings (SSSR count). The number of hydrogen-bond donors (Lipinski definition) is 0. The van der Waals surface area contributed by atoms with Gasteiger partial charge >= 0.3 is 53.7 Å². The van der Waals surface area contributed by atoms with Crippen molar-refractivity contribution >= 4 is 27.0 Å². The van der Waals surface area contributed by atoms with E-state index >= 15 is 0 Å². The Labute approximate surface area is 235 Å². The Morgan fingerprint density at radius 1 is 0.794 bits per heavy atom. The van der Waals surface area contributed by atoms with Crippen LogP contribution in [-0.4, -0.2) is 5.43 Å². The van der Waals surface area contributed by atoms with Crippen LogP contribution in [-0.2, 0) is 34.2 Å². The molecule has 2 aliphatic rings. The van der Waals surface area contributed by atoms with Crippen molar-refractivity contribution in [1.29, 1.82) is 0 Å². The van der Waals surface area contributed by atoms with E-state index in [2.05, 4.69) is 96.2 Å². The molecule has 1 saturated heterocycles. The first-order valence-corrected chi connectivity index (χ1v) is 17.6. The molecule has 0 aromatic heterocycles. The molecule has 0 nitrogen and oxygen atoms in total. The average molecular weight is 589 g/mol. The fraction of sp³-hybridized carbons (Fsp3) is 0.433. The molecule has 0 unspecified atom stereocenters. The molecule has 1 heterocycles. The van der Waals surface area contributed by atoms with E-state index in [1.54, 1.807) is 24.9 Å². The Morgan fingerprint density at radius 3 is 1.53 bits per heavy atom. The van der Waals surface area contributed by atoms with Crippen LogP contribution in [0.2, 0.25) is 12.1 Å². The first kappa shape index (κ1) is 31.5. The Hall–Kier alpha value is -0.530. The summed E-state index contributed by atoms with van der Waals surface area (Å²) in [5.41, 5.74) is 3.55. The molecule has 1 aliphatic carbocycles. The van der Waals surface area contributed by atoms with E-state index in [9.17, 15) is 0 Å². The molecule has 0 saturated carbocycles. The maximum atomic E-state index is 2.99. The minimum absolute atomic E-state index is 0. The summed E-state index contributed by atoms with van der Waals surface area (Å²) in [4.78, 5) is 0. The van der Waals surface area contributed by atoms with Crippen LogP contribution in [0, 0.1) is 6.08 Å². The van der Waals surface area contributed by atoms with Gasteiger partial charge in [0, 0.05) is 0 Å². The third-order valence-electron chi connectivity index (χ3n) is 6.23. The van der Waals surface area contributed by atoms with Crippen molar-refractivity contribution in [1.82, 2.24) is 0 Å². The summed E-state index contributed by atoms with van der Waals surface area (Å²) < 4.78 is 0. The van der Waals surface area contributed by atoms with Crippen molar-refractivity contribution in [2.24, 2.45) is 0 Å². The molecule has 34 heavy (non-hydrogen) atoms. The zero-order valence-electron chi connectivity index (χ0n) is 21.6. The van der Waals surface area contributed by atoms with Crippen molar-refractivity contribution in [2.45, 2.75) is 83.7 Å². The molecule has 3 aromatic rings. The van der Waals surface area contributed by atoms with E-state index in [0.29, 0.717) is 5.43 Å². The van der Waals surface area contributed by atoms with E-state index in [1.807, 2.05) is 35.5 Å². The second-order valence-electron chi connectivity index (χ2n) is 11.1. The van der Waals surface area contributed by atoms with Gasteiger partial charge in [-0.2, -0.15) is 6.08 Å². The molecule has 1 fully saturated rings. The summed E-state index contributed by atoms with van der Waals surface area (Å²) in [7, 11) is 0. The standard InChI is InChI=1S/C21H25.C5H5.C4H8Si.2ClH.Zr/c1-20(2,3)16-7-9-18-14(12-16)11-15-13-17(21(4,5)6)8-10-19(15)18;2*1-2-4-5-3-1;;;/h7-13H,1-6H3;1-3H,4H2;1-4H2;2*1H;/q2*-1;;;;+2/p-2. The number of fused-ring (bicyclic) bond motifs is 3. The molecule has 1 aliphatic heterocycles. The molecular weight excluding hydrogens is 551 g/mol. The van der Waals surface area contributed by atoms with E-state index in [1.165, 1.54) is 32.7 Å². The van der Waals surface area contributed by atoms with Crippen molar-refractivity contribution in [2.75, 3.05) is 0 Å². The zero-order valence-corrected chi connectivity index (χ0v) is 26.5. The minimum atomic E-state index is 0. The first-order chi connectivity index (χ1) is 15.1. The molecule has 3 aromatic carbocycles. The van der Waals surface area contributed by atoms with Crippen molar-refractivity contribution in [3.05, 3.63) is 77.9 Å². The Morgan fingerprint density at radius 2 is 1.26 bits per heavy atom. The first-order valence-electron chi connectivity index (χ1n) is 12.0. The number of halogens is 2. The topological polar surface area (TPSA) is 0 Å². The normalized spacial score (nSPS) is 14.8. The van der Waals surface area contributed by atoms with Crippen LogP contribution >= 0.6 is 0 Å². The molecular formula is C30H38Cl2SiZr-2. The van der Waals surface area contributed by atoms with Gasteiger partial charge in [0.05, 0.1) is 0 Å². The van der Waals surface area contributed by atoms with E-state index in [4.69, 9.17) is 0 Å². The van der Waals surface area contributed by atoms with Gasteiger partial charge in [0.15, 0.2) is 0 Å². The van der Waals surface area contributed by atoms with Crippen LogP contribution < -0.4 is 24.8 Å². The second kappa shape index (κ2) is 13.7. The van der Waals surface area contributed by atoms with Crippen LogP contribution in [0.5, 0.6) is 0 Å². The quantitative estimate of drug-likeness (QED) is 0.280. The van der Waals surface area contributed by atoms with Crippen LogP contribution in [0.1, 0.15) is 71.9 Å². The van der Waals surface area contributed by atoms with Gasteiger partial charge in [0.25, 0.3) is 0 Å². The second-order valence-corrected chi connectivity index (χ2v) is 18.5. The fourth-order valence-electron chi connectivity index (χ4n) is 4.10. The van der Waals surface area contributed by atoms with Crippen molar-refractivity contribution in [3.8, 4) is 0 Å². The molecule has 0 radical (unpaired) electrons. The fourth-order valence-corrected chi connectivity index (χ4v) is 8.31. The Kier molecular flexibility index (Phi) is 12.7. The molecule has 182 valence electrons. The summed E-state index contributed by atoms with van der Waals surface area (Å²) in [5.74, 6) is 0. The summed E-state index contributed by atoms with van der Waals surface area (Å²) in [6, 6.07) is 19.4. The summed E-state index contributed by atoms with van der Waals surface area (Å²) in [6.07, 6.45) is 13.1. The van der Waals surface area contributed by atoms with Gasteiger partial charge < -0.3 is 24.8 Å². The van der Waals surface area contributed by atoms with Crippen molar-refractivity contribution < 1.29 is 48.1 Å². The molecule has 0 N–H and O–H groups in total. The van der Waals surface area contributed by atoms with Crippen molar-refractivity contribution in [3.63, 3.8) is 0 Å². The van der Waals surface area contributed by atoms with Crippen LogP contribution in [0.15, 0.2) is 60.7 Å². The summed E-state index contributed by atoms with van der Waals surface area (Å²) >= 11 is 1.87. The number of rotatable bonds is 0. The molecule has 0 bridgehead atoms. The van der Waals surface area contributed by atoms with Gasteiger partial charge in [-0.25, -0.2) is 12.2 Å². The predicted molar refractivity (Wildman–Crippen MR) is 141 cm³/mol. The SMILES string of the molecule is CC(C)(C)c1ccc2c(c1)[cH-]c1cc(C(C)(C)C)ccc12.[C-]1=CC=CC1.[Cl-].[Cl-].[Zr+2]=[Si]1CCCC1. The Balaban J connectivity index is 0.000000367. The molecule has 0 amide bonds. The third kappa shape index (κ3) is 8.85. The third-order valence-corrected chi connectivity index (χ3v) is 11.8. The Bertz CT molecular complexity index is 1050. The van der Waals surface area contributed by atoms with Crippen LogP contribution in [0.4, 0.5) is 0 Å². The number of allylic oxidation sites excluding steroid dienone is 4. The predicted octanol–water partition coefficient (Wildman–Crippen LogP) is 2.94. The monoisotopic (exact) mass is 586 g/mol. The van der Waals surface area contributed by atoms with Gasteiger partial charge in [-0.05, 0) is 10.8 Å². The zero-order chi connectivity index (χ0) is 23.4. The van der Waals surface area contributed by atoms with Crippen LogP contribution in [0.25, 0.3) is 21.5 Å². The maximum absolute atomic E-state index is 2.99.